The molecule has 20 heavy (non-hydrogen) atoms. The van der Waals surface area contributed by atoms with Crippen LogP contribution in [0.4, 0.5) is 0 Å². The van der Waals surface area contributed by atoms with Crippen molar-refractivity contribution in [1.29, 1.82) is 0 Å². The van der Waals surface area contributed by atoms with E-state index in [1.165, 1.54) is 15.6 Å². The minimum Gasteiger partial charge on any atom is -0.297 e. The van der Waals surface area contributed by atoms with E-state index in [0.29, 0.717) is 18.6 Å². The fourth-order valence-electron chi connectivity index (χ4n) is 2.59. The highest BCUT2D eigenvalue weighted by atomic mass is 79.9. The van der Waals surface area contributed by atoms with Gasteiger partial charge in [-0.05, 0) is 36.0 Å². The van der Waals surface area contributed by atoms with E-state index in [1.54, 1.807) is 0 Å². The third-order valence-corrected chi connectivity index (χ3v) is 4.54. The average molecular weight is 332 g/mol. The Labute approximate surface area is 128 Å². The van der Waals surface area contributed by atoms with Gasteiger partial charge >= 0.3 is 0 Å². The topological polar surface area (TPSA) is 21.3 Å². The van der Waals surface area contributed by atoms with Crippen LogP contribution in [0.3, 0.4) is 0 Å². The van der Waals surface area contributed by atoms with E-state index < -0.39 is 0 Å². The Morgan fingerprint density at radius 3 is 2.45 bits per heavy atom. The smallest absolute Gasteiger partial charge is 0.0933 e. The van der Waals surface area contributed by atoms with Crippen LogP contribution < -0.4 is 5.48 Å². The van der Waals surface area contributed by atoms with Crippen molar-refractivity contribution in [3.63, 3.8) is 0 Å². The number of hydroxylamine groups is 1. The van der Waals surface area contributed by atoms with E-state index in [4.69, 9.17) is 4.84 Å². The Bertz CT molecular complexity index is 552. The molecule has 2 aromatic carbocycles. The molecule has 0 radical (unpaired) electrons. The molecule has 1 saturated carbocycles. The zero-order valence-corrected chi connectivity index (χ0v) is 12.8. The molecule has 1 aliphatic carbocycles. The molecule has 0 saturated heterocycles. The first-order valence-electron chi connectivity index (χ1n) is 6.98. The number of hydrogen-bond acceptors (Lipinski definition) is 2. The predicted molar refractivity (Wildman–Crippen MR) is 84.3 cm³/mol. The van der Waals surface area contributed by atoms with Gasteiger partial charge in [0.1, 0.15) is 0 Å². The lowest BCUT2D eigenvalue weighted by Crippen LogP contribution is -2.40. The highest BCUT2D eigenvalue weighted by molar-refractivity contribution is 9.10. The van der Waals surface area contributed by atoms with Gasteiger partial charge in [0.15, 0.2) is 0 Å². The quantitative estimate of drug-likeness (QED) is 0.819. The van der Waals surface area contributed by atoms with Crippen LogP contribution in [0, 0.1) is 0 Å². The molecule has 104 valence electrons. The maximum atomic E-state index is 5.58. The van der Waals surface area contributed by atoms with Gasteiger partial charge in [-0.25, -0.2) is 0 Å². The van der Waals surface area contributed by atoms with Gasteiger partial charge < -0.3 is 0 Å². The lowest BCUT2D eigenvalue weighted by atomic mass is 9.76. The van der Waals surface area contributed by atoms with Gasteiger partial charge in [-0.1, -0.05) is 64.5 Å². The van der Waals surface area contributed by atoms with Crippen molar-refractivity contribution in [3.05, 3.63) is 70.2 Å². The lowest BCUT2D eigenvalue weighted by molar-refractivity contribution is -0.0198. The minimum absolute atomic E-state index is 0.468. The first kappa shape index (κ1) is 13.8. The Hall–Kier alpha value is -1.16. The van der Waals surface area contributed by atoms with E-state index in [0.717, 1.165) is 12.8 Å². The predicted octanol–water partition coefficient (Wildman–Crippen LogP) is 4.42. The molecule has 0 bridgehead atoms. The Kier molecular flexibility index (Phi) is 4.51. The summed E-state index contributed by atoms with van der Waals surface area (Å²) in [5.41, 5.74) is 5.78. The van der Waals surface area contributed by atoms with Gasteiger partial charge in [-0.15, -0.1) is 0 Å². The molecule has 0 amide bonds. The first-order valence-corrected chi connectivity index (χ1v) is 7.78. The molecule has 1 fully saturated rings. The zero-order valence-electron chi connectivity index (χ0n) is 11.3. The number of nitrogens with one attached hydrogen (secondary N) is 1. The molecule has 3 rings (SSSR count). The van der Waals surface area contributed by atoms with Gasteiger partial charge in [-0.2, -0.15) is 5.48 Å². The summed E-state index contributed by atoms with van der Waals surface area (Å²) in [6, 6.07) is 19.2. The third kappa shape index (κ3) is 3.29. The molecule has 3 heteroatoms. The number of benzene rings is 2. The maximum absolute atomic E-state index is 5.58. The van der Waals surface area contributed by atoms with Crippen LogP contribution >= 0.6 is 15.9 Å². The van der Waals surface area contributed by atoms with Crippen LogP contribution in [0.2, 0.25) is 0 Å². The number of halogens is 1. The highest BCUT2D eigenvalue weighted by Crippen LogP contribution is 2.39. The highest BCUT2D eigenvalue weighted by Gasteiger charge is 2.31. The fraction of sp³-hybridized carbons (Fsp3) is 0.294. The number of rotatable bonds is 5. The Morgan fingerprint density at radius 2 is 1.70 bits per heavy atom. The number of hydrogen-bond donors (Lipinski definition) is 1. The molecule has 1 N–H and O–H groups in total. The molecule has 0 spiro atoms. The van der Waals surface area contributed by atoms with E-state index in [2.05, 4.69) is 57.8 Å². The van der Waals surface area contributed by atoms with Crippen molar-refractivity contribution < 1.29 is 4.84 Å². The molecule has 0 atom stereocenters. The molecular weight excluding hydrogens is 314 g/mol. The van der Waals surface area contributed by atoms with E-state index in [1.807, 2.05) is 18.2 Å². The van der Waals surface area contributed by atoms with Crippen molar-refractivity contribution in [3.8, 4) is 0 Å². The second-order valence-electron chi connectivity index (χ2n) is 5.28. The first-order chi connectivity index (χ1) is 9.83. The summed E-state index contributed by atoms with van der Waals surface area (Å²) in [6.45, 7) is 0.622. The molecule has 0 unspecified atom stereocenters. The average Bonchev–Trinajstić information content (AvgIpc) is 2.44. The van der Waals surface area contributed by atoms with Crippen molar-refractivity contribution in [2.75, 3.05) is 0 Å². The summed E-state index contributed by atoms with van der Waals surface area (Å²) in [6.07, 6.45) is 2.27. The molecule has 1 aliphatic rings. The van der Waals surface area contributed by atoms with Crippen molar-refractivity contribution in [2.45, 2.75) is 31.4 Å². The SMILES string of the molecule is Brc1ccccc1C1CC(NOCc2ccccc2)C1. The van der Waals surface area contributed by atoms with E-state index >= 15 is 0 Å². The summed E-state index contributed by atoms with van der Waals surface area (Å²) in [5, 5.41) is 0. The van der Waals surface area contributed by atoms with E-state index in [9.17, 15) is 0 Å². The van der Waals surface area contributed by atoms with Crippen molar-refractivity contribution >= 4 is 15.9 Å². The molecule has 0 heterocycles. The van der Waals surface area contributed by atoms with Crippen LogP contribution in [0.1, 0.15) is 29.9 Å². The third-order valence-electron chi connectivity index (χ3n) is 3.81. The molecule has 2 nitrogen and oxygen atoms in total. The summed E-state index contributed by atoms with van der Waals surface area (Å²) in [4.78, 5) is 5.58. The fourth-order valence-corrected chi connectivity index (χ4v) is 3.20. The van der Waals surface area contributed by atoms with Gasteiger partial charge in [0, 0.05) is 10.5 Å². The summed E-state index contributed by atoms with van der Waals surface area (Å²) in [5.74, 6) is 0.642. The molecule has 0 aliphatic heterocycles. The van der Waals surface area contributed by atoms with Crippen LogP contribution in [0.15, 0.2) is 59.1 Å². The van der Waals surface area contributed by atoms with Crippen molar-refractivity contribution in [1.82, 2.24) is 5.48 Å². The monoisotopic (exact) mass is 331 g/mol. The lowest BCUT2D eigenvalue weighted by Gasteiger charge is -2.36. The largest absolute Gasteiger partial charge is 0.297 e. The second-order valence-corrected chi connectivity index (χ2v) is 6.13. The zero-order chi connectivity index (χ0) is 13.8. The minimum atomic E-state index is 0.468. The van der Waals surface area contributed by atoms with Gasteiger partial charge in [0.25, 0.3) is 0 Å². The van der Waals surface area contributed by atoms with Crippen LogP contribution in [-0.2, 0) is 11.4 Å². The molecule has 0 aromatic heterocycles. The molecule has 2 aromatic rings. The van der Waals surface area contributed by atoms with Gasteiger partial charge in [-0.3, -0.25) is 4.84 Å². The summed E-state index contributed by atoms with van der Waals surface area (Å²) in [7, 11) is 0. The van der Waals surface area contributed by atoms with Crippen LogP contribution in [0.25, 0.3) is 0 Å². The summed E-state index contributed by atoms with van der Waals surface area (Å²) < 4.78 is 1.22. The maximum Gasteiger partial charge on any atom is 0.0933 e. The standard InChI is InChI=1S/C17H18BrNO/c18-17-9-5-4-8-16(17)14-10-15(11-14)19-20-12-13-6-2-1-3-7-13/h1-9,14-15,19H,10-12H2. The van der Waals surface area contributed by atoms with Gasteiger partial charge in [0.2, 0.25) is 0 Å². The second kappa shape index (κ2) is 6.53. The van der Waals surface area contributed by atoms with E-state index in [-0.39, 0.29) is 0 Å². The van der Waals surface area contributed by atoms with Crippen LogP contribution in [-0.4, -0.2) is 6.04 Å². The Balaban J connectivity index is 1.42. The Morgan fingerprint density at radius 1 is 1.00 bits per heavy atom. The normalized spacial score (nSPS) is 21.4. The molecular formula is C17H18BrNO. The van der Waals surface area contributed by atoms with Gasteiger partial charge in [0.05, 0.1) is 6.61 Å². The van der Waals surface area contributed by atoms with Crippen LogP contribution in [0.5, 0.6) is 0 Å². The van der Waals surface area contributed by atoms with Crippen molar-refractivity contribution in [2.24, 2.45) is 0 Å². The summed E-state index contributed by atoms with van der Waals surface area (Å²) >= 11 is 3.62.